The summed E-state index contributed by atoms with van der Waals surface area (Å²) in [6.07, 6.45) is 0. The lowest BCUT2D eigenvalue weighted by molar-refractivity contribution is 0.0666. The minimum absolute atomic E-state index is 0.0758. The summed E-state index contributed by atoms with van der Waals surface area (Å²) in [4.78, 5) is 22.2. The maximum Gasteiger partial charge on any atom is 0.254 e. The fourth-order valence-corrected chi connectivity index (χ4v) is 3.43. The van der Waals surface area contributed by atoms with Gasteiger partial charge in [-0.15, -0.1) is 0 Å². The Morgan fingerprint density at radius 3 is 2.42 bits per heavy atom. The number of aromatic nitrogens is 1. The van der Waals surface area contributed by atoms with Gasteiger partial charge in [0.2, 0.25) is 0 Å². The van der Waals surface area contributed by atoms with Gasteiger partial charge in [-0.1, -0.05) is 41.9 Å². The summed E-state index contributed by atoms with van der Waals surface area (Å²) in [5, 5.41) is 1.58. The van der Waals surface area contributed by atoms with Gasteiger partial charge in [0.05, 0.1) is 16.8 Å². The standard InChI is InChI=1S/C21H20ClN3O/c1-24-10-12-25(13-11-24)21(26)18-14-20(15-6-8-16(22)9-7-15)23-19-5-3-2-4-17(18)19/h2-9,14H,10-13H2,1H3. The Labute approximate surface area is 158 Å². The molecule has 3 aromatic rings. The van der Waals surface area contributed by atoms with Crippen molar-refractivity contribution in [3.63, 3.8) is 0 Å². The lowest BCUT2D eigenvalue weighted by Crippen LogP contribution is -2.47. The Hall–Kier alpha value is -2.43. The first-order valence-electron chi connectivity index (χ1n) is 8.75. The van der Waals surface area contributed by atoms with E-state index in [0.29, 0.717) is 10.6 Å². The zero-order valence-electron chi connectivity index (χ0n) is 14.7. The van der Waals surface area contributed by atoms with Gasteiger partial charge in [-0.2, -0.15) is 0 Å². The maximum absolute atomic E-state index is 13.2. The van der Waals surface area contributed by atoms with E-state index in [-0.39, 0.29) is 5.91 Å². The molecule has 1 aliphatic rings. The molecule has 0 aliphatic carbocycles. The van der Waals surface area contributed by atoms with Crippen molar-refractivity contribution < 1.29 is 4.79 Å². The summed E-state index contributed by atoms with van der Waals surface area (Å²) in [5.41, 5.74) is 3.29. The molecule has 26 heavy (non-hydrogen) atoms. The average Bonchev–Trinajstić information content (AvgIpc) is 2.68. The number of fused-ring (bicyclic) bond motifs is 1. The van der Waals surface area contributed by atoms with E-state index in [2.05, 4.69) is 11.9 Å². The van der Waals surface area contributed by atoms with Crippen LogP contribution in [0.25, 0.3) is 22.2 Å². The lowest BCUT2D eigenvalue weighted by atomic mass is 10.0. The molecule has 2 aromatic carbocycles. The van der Waals surface area contributed by atoms with Gasteiger partial charge in [0.15, 0.2) is 0 Å². The van der Waals surface area contributed by atoms with Crippen LogP contribution in [-0.4, -0.2) is 53.9 Å². The summed E-state index contributed by atoms with van der Waals surface area (Å²) >= 11 is 6.00. The molecule has 0 N–H and O–H groups in total. The predicted molar refractivity (Wildman–Crippen MR) is 106 cm³/mol. The second-order valence-corrected chi connectivity index (χ2v) is 7.11. The number of amides is 1. The number of pyridine rings is 1. The Morgan fingerprint density at radius 1 is 1.00 bits per heavy atom. The Bertz CT molecular complexity index is 947. The molecule has 1 aromatic heterocycles. The minimum atomic E-state index is 0.0758. The number of rotatable bonds is 2. The van der Waals surface area contributed by atoms with Crippen LogP contribution in [0.15, 0.2) is 54.6 Å². The first-order chi connectivity index (χ1) is 12.6. The van der Waals surface area contributed by atoms with E-state index < -0.39 is 0 Å². The monoisotopic (exact) mass is 365 g/mol. The first kappa shape index (κ1) is 17.0. The molecule has 2 heterocycles. The van der Waals surface area contributed by atoms with E-state index in [0.717, 1.165) is 48.3 Å². The number of piperazine rings is 1. The summed E-state index contributed by atoms with van der Waals surface area (Å²) in [6, 6.07) is 17.3. The smallest absolute Gasteiger partial charge is 0.254 e. The average molecular weight is 366 g/mol. The fraction of sp³-hybridized carbons (Fsp3) is 0.238. The van der Waals surface area contributed by atoms with Crippen LogP contribution in [0.1, 0.15) is 10.4 Å². The quantitative estimate of drug-likeness (QED) is 0.690. The van der Waals surface area contributed by atoms with E-state index in [4.69, 9.17) is 16.6 Å². The maximum atomic E-state index is 13.2. The molecule has 0 bridgehead atoms. The second kappa shape index (κ2) is 7.06. The number of carbonyl (C=O) groups is 1. The fourth-order valence-electron chi connectivity index (χ4n) is 3.30. The number of carbonyl (C=O) groups excluding carboxylic acids is 1. The van der Waals surface area contributed by atoms with Crippen LogP contribution >= 0.6 is 11.6 Å². The topological polar surface area (TPSA) is 36.4 Å². The van der Waals surface area contributed by atoms with Crippen molar-refractivity contribution in [3.8, 4) is 11.3 Å². The summed E-state index contributed by atoms with van der Waals surface area (Å²) in [7, 11) is 2.09. The molecule has 132 valence electrons. The third-order valence-electron chi connectivity index (χ3n) is 4.88. The van der Waals surface area contributed by atoms with Gasteiger partial charge in [0, 0.05) is 42.2 Å². The molecule has 4 nitrogen and oxygen atoms in total. The van der Waals surface area contributed by atoms with Crippen LogP contribution in [0, 0.1) is 0 Å². The number of halogens is 1. The molecular weight excluding hydrogens is 346 g/mol. The minimum Gasteiger partial charge on any atom is -0.336 e. The lowest BCUT2D eigenvalue weighted by Gasteiger charge is -2.32. The molecule has 0 unspecified atom stereocenters. The summed E-state index contributed by atoms with van der Waals surface area (Å²) < 4.78 is 0. The van der Waals surface area contributed by atoms with E-state index in [1.54, 1.807) is 0 Å². The first-order valence-corrected chi connectivity index (χ1v) is 9.13. The Kier molecular flexibility index (Phi) is 4.62. The van der Waals surface area contributed by atoms with Crippen LogP contribution < -0.4 is 0 Å². The number of hydrogen-bond donors (Lipinski definition) is 0. The largest absolute Gasteiger partial charge is 0.336 e. The zero-order chi connectivity index (χ0) is 18.1. The van der Waals surface area contributed by atoms with Crippen molar-refractivity contribution in [2.24, 2.45) is 0 Å². The molecule has 0 spiro atoms. The third-order valence-corrected chi connectivity index (χ3v) is 5.13. The molecule has 1 aliphatic heterocycles. The third kappa shape index (κ3) is 3.30. The molecule has 1 saturated heterocycles. The molecule has 0 saturated carbocycles. The van der Waals surface area contributed by atoms with Gasteiger partial charge in [-0.25, -0.2) is 4.98 Å². The van der Waals surface area contributed by atoms with Gasteiger partial charge < -0.3 is 9.80 Å². The summed E-state index contributed by atoms with van der Waals surface area (Å²) in [5.74, 6) is 0.0758. The molecule has 4 rings (SSSR count). The van der Waals surface area contributed by atoms with Crippen LogP contribution in [0.3, 0.4) is 0 Å². The highest BCUT2D eigenvalue weighted by molar-refractivity contribution is 6.30. The van der Waals surface area contributed by atoms with Crippen molar-refractivity contribution in [1.29, 1.82) is 0 Å². The van der Waals surface area contributed by atoms with Crippen LogP contribution in [0.5, 0.6) is 0 Å². The normalized spacial score (nSPS) is 15.4. The van der Waals surface area contributed by atoms with E-state index in [1.807, 2.05) is 59.5 Å². The molecule has 1 fully saturated rings. The zero-order valence-corrected chi connectivity index (χ0v) is 15.4. The molecule has 0 radical (unpaired) electrons. The van der Waals surface area contributed by atoms with Gasteiger partial charge in [-0.3, -0.25) is 4.79 Å². The van der Waals surface area contributed by atoms with Crippen molar-refractivity contribution in [2.75, 3.05) is 33.2 Å². The van der Waals surface area contributed by atoms with E-state index in [1.165, 1.54) is 0 Å². The Balaban J connectivity index is 1.79. The second-order valence-electron chi connectivity index (χ2n) is 6.67. The molecule has 1 amide bonds. The number of nitrogens with zero attached hydrogens (tertiary/aromatic N) is 3. The van der Waals surface area contributed by atoms with Crippen molar-refractivity contribution in [2.45, 2.75) is 0 Å². The van der Waals surface area contributed by atoms with E-state index >= 15 is 0 Å². The van der Waals surface area contributed by atoms with Gasteiger partial charge in [0.1, 0.15) is 0 Å². The van der Waals surface area contributed by atoms with Gasteiger partial charge >= 0.3 is 0 Å². The number of para-hydroxylation sites is 1. The van der Waals surface area contributed by atoms with Gasteiger partial charge in [-0.05, 0) is 31.3 Å². The number of likely N-dealkylation sites (N-methyl/N-ethyl adjacent to an activating group) is 1. The predicted octanol–water partition coefficient (Wildman–Crippen LogP) is 3.94. The van der Waals surface area contributed by atoms with Crippen molar-refractivity contribution >= 4 is 28.4 Å². The van der Waals surface area contributed by atoms with Crippen LogP contribution in [0.4, 0.5) is 0 Å². The van der Waals surface area contributed by atoms with E-state index in [9.17, 15) is 4.79 Å². The highest BCUT2D eigenvalue weighted by atomic mass is 35.5. The number of benzene rings is 2. The van der Waals surface area contributed by atoms with Crippen molar-refractivity contribution in [1.82, 2.24) is 14.8 Å². The molecule has 0 atom stereocenters. The number of hydrogen-bond acceptors (Lipinski definition) is 3. The van der Waals surface area contributed by atoms with Gasteiger partial charge in [0.25, 0.3) is 5.91 Å². The summed E-state index contributed by atoms with van der Waals surface area (Å²) in [6.45, 7) is 3.31. The van der Waals surface area contributed by atoms with Crippen LogP contribution in [-0.2, 0) is 0 Å². The van der Waals surface area contributed by atoms with Crippen molar-refractivity contribution in [3.05, 3.63) is 65.2 Å². The highest BCUT2D eigenvalue weighted by Crippen LogP contribution is 2.27. The molecule has 5 heteroatoms. The highest BCUT2D eigenvalue weighted by Gasteiger charge is 2.23. The van der Waals surface area contributed by atoms with Crippen LogP contribution in [0.2, 0.25) is 5.02 Å². The molecular formula is C21H20ClN3O. The Morgan fingerprint density at radius 2 is 1.69 bits per heavy atom. The SMILES string of the molecule is CN1CCN(C(=O)c2cc(-c3ccc(Cl)cc3)nc3ccccc23)CC1.